The second-order valence-corrected chi connectivity index (χ2v) is 9.15. The van der Waals surface area contributed by atoms with Crippen molar-refractivity contribution in [1.82, 2.24) is 9.97 Å². The first-order valence-electron chi connectivity index (χ1n) is 10.5. The first-order chi connectivity index (χ1) is 14.1. The molecular weight excluding hydrogens is 380 g/mol. The van der Waals surface area contributed by atoms with E-state index < -0.39 is 0 Å². The molecule has 0 radical (unpaired) electrons. The van der Waals surface area contributed by atoms with Crippen LogP contribution in [0, 0.1) is 17.8 Å². The highest BCUT2D eigenvalue weighted by Crippen LogP contribution is 2.38. The van der Waals surface area contributed by atoms with Crippen molar-refractivity contribution in [2.24, 2.45) is 17.8 Å². The van der Waals surface area contributed by atoms with Gasteiger partial charge in [0.1, 0.15) is 10.5 Å². The number of oxazole rings is 1. The molecule has 5 heteroatoms. The number of Topliss-reactive ketones (excluding diaryl/α,β-unsaturated/α-hetero) is 1. The molecule has 29 heavy (non-hydrogen) atoms. The molecule has 0 saturated heterocycles. The Hall–Kier alpha value is -2.27. The van der Waals surface area contributed by atoms with Gasteiger partial charge in [0.25, 0.3) is 0 Å². The average molecular weight is 409 g/mol. The Labute approximate surface area is 176 Å². The number of ketones is 1. The fourth-order valence-electron chi connectivity index (χ4n) is 4.61. The van der Waals surface area contributed by atoms with Gasteiger partial charge >= 0.3 is 0 Å². The van der Waals surface area contributed by atoms with E-state index in [0.29, 0.717) is 17.4 Å². The molecule has 152 valence electrons. The van der Waals surface area contributed by atoms with Gasteiger partial charge in [-0.25, -0.2) is 9.97 Å². The number of carbonyl (C=O) groups excluding carboxylic acids is 1. The molecule has 4 rings (SSSR count). The maximum Gasteiger partial charge on any atom is 0.195 e. The van der Waals surface area contributed by atoms with Crippen LogP contribution in [0.5, 0.6) is 0 Å². The standard InChI is InChI=1S/C24H28N2O2S/c1-4-16-10-17(5-2)12-18(11-16)6-7-22-26-21-14-19(15(3)27)13-20(23(21)28-22)24-25-8-9-29-24/h4,8-9,13-14,16-18H,1,5-7,10-12H2,2-3H3/t16-,17?,18?/m0/s1. The van der Waals surface area contributed by atoms with E-state index in [1.807, 2.05) is 17.5 Å². The molecule has 2 aromatic heterocycles. The van der Waals surface area contributed by atoms with E-state index in [0.717, 1.165) is 46.3 Å². The van der Waals surface area contributed by atoms with E-state index >= 15 is 0 Å². The Morgan fingerprint density at radius 3 is 2.83 bits per heavy atom. The Morgan fingerprint density at radius 2 is 2.14 bits per heavy atom. The number of carbonyl (C=O) groups is 1. The van der Waals surface area contributed by atoms with E-state index in [1.54, 1.807) is 24.5 Å². The quantitative estimate of drug-likeness (QED) is 0.322. The fraction of sp³-hybridized carbons (Fsp3) is 0.458. The predicted octanol–water partition coefficient (Wildman–Crippen LogP) is 6.72. The molecular formula is C24H28N2O2S. The van der Waals surface area contributed by atoms with Crippen LogP contribution < -0.4 is 0 Å². The number of thiazole rings is 1. The van der Waals surface area contributed by atoms with Crippen LogP contribution >= 0.6 is 11.3 Å². The SMILES string of the molecule is C=C[C@H]1CC(CC)CC(CCc2nc3cc(C(C)=O)cc(-c4nccs4)c3o2)C1. The molecule has 1 fully saturated rings. The van der Waals surface area contributed by atoms with Gasteiger partial charge in [0.15, 0.2) is 17.3 Å². The van der Waals surface area contributed by atoms with Crippen LogP contribution in [-0.2, 0) is 6.42 Å². The lowest BCUT2D eigenvalue weighted by molar-refractivity contribution is 0.101. The molecule has 2 heterocycles. The van der Waals surface area contributed by atoms with Crippen molar-refractivity contribution in [1.29, 1.82) is 0 Å². The predicted molar refractivity (Wildman–Crippen MR) is 118 cm³/mol. The van der Waals surface area contributed by atoms with Crippen LogP contribution in [0.2, 0.25) is 0 Å². The van der Waals surface area contributed by atoms with Crippen LogP contribution in [0.4, 0.5) is 0 Å². The smallest absolute Gasteiger partial charge is 0.195 e. The summed E-state index contributed by atoms with van der Waals surface area (Å²) in [4.78, 5) is 21.1. The molecule has 1 aliphatic carbocycles. The van der Waals surface area contributed by atoms with Crippen LogP contribution in [0.25, 0.3) is 21.7 Å². The molecule has 0 bridgehead atoms. The first-order valence-corrected chi connectivity index (χ1v) is 11.4. The summed E-state index contributed by atoms with van der Waals surface area (Å²) in [7, 11) is 0. The zero-order valence-corrected chi connectivity index (χ0v) is 18.0. The summed E-state index contributed by atoms with van der Waals surface area (Å²) in [6.45, 7) is 7.90. The topological polar surface area (TPSA) is 56.0 Å². The minimum Gasteiger partial charge on any atom is -0.440 e. The highest BCUT2D eigenvalue weighted by molar-refractivity contribution is 7.13. The van der Waals surface area contributed by atoms with Gasteiger partial charge < -0.3 is 4.42 Å². The summed E-state index contributed by atoms with van der Waals surface area (Å²) in [6.07, 6.45) is 10.9. The minimum absolute atomic E-state index is 0.0255. The van der Waals surface area contributed by atoms with E-state index in [4.69, 9.17) is 9.40 Å². The van der Waals surface area contributed by atoms with Crippen molar-refractivity contribution >= 4 is 28.2 Å². The molecule has 1 aliphatic rings. The number of benzene rings is 1. The van der Waals surface area contributed by atoms with Crippen molar-refractivity contribution in [3.63, 3.8) is 0 Å². The number of aromatic nitrogens is 2. The van der Waals surface area contributed by atoms with Crippen molar-refractivity contribution in [2.45, 2.75) is 52.4 Å². The van der Waals surface area contributed by atoms with Crippen molar-refractivity contribution in [2.75, 3.05) is 0 Å². The number of aryl methyl sites for hydroxylation is 1. The van der Waals surface area contributed by atoms with Crippen LogP contribution in [0.1, 0.15) is 62.2 Å². The van der Waals surface area contributed by atoms with Gasteiger partial charge in [-0.1, -0.05) is 19.4 Å². The summed E-state index contributed by atoms with van der Waals surface area (Å²) in [5.74, 6) is 2.91. The van der Waals surface area contributed by atoms with Crippen molar-refractivity contribution in [3.05, 3.63) is 47.8 Å². The summed E-state index contributed by atoms with van der Waals surface area (Å²) in [5.41, 5.74) is 2.99. The molecule has 1 aromatic carbocycles. The van der Waals surface area contributed by atoms with E-state index in [1.165, 1.54) is 25.7 Å². The summed E-state index contributed by atoms with van der Waals surface area (Å²) >= 11 is 1.54. The number of hydrogen-bond acceptors (Lipinski definition) is 5. The number of allylic oxidation sites excluding steroid dienone is 1. The van der Waals surface area contributed by atoms with E-state index in [2.05, 4.69) is 24.6 Å². The second kappa shape index (κ2) is 8.62. The van der Waals surface area contributed by atoms with Gasteiger partial charge in [-0.2, -0.15) is 0 Å². The number of hydrogen-bond donors (Lipinski definition) is 0. The number of rotatable bonds is 7. The molecule has 3 aromatic rings. The van der Waals surface area contributed by atoms with E-state index in [-0.39, 0.29) is 5.78 Å². The van der Waals surface area contributed by atoms with Gasteiger partial charge in [-0.15, -0.1) is 17.9 Å². The Kier molecular flexibility index (Phi) is 5.95. The summed E-state index contributed by atoms with van der Waals surface area (Å²) in [6, 6.07) is 3.71. The van der Waals surface area contributed by atoms with Gasteiger partial charge in [0.05, 0.1) is 5.56 Å². The lowest BCUT2D eigenvalue weighted by atomic mass is 9.73. The zero-order valence-electron chi connectivity index (χ0n) is 17.2. The van der Waals surface area contributed by atoms with Crippen LogP contribution in [0.3, 0.4) is 0 Å². The molecule has 0 spiro atoms. The fourth-order valence-corrected chi connectivity index (χ4v) is 5.26. The van der Waals surface area contributed by atoms with Crippen LogP contribution in [0.15, 0.2) is 40.8 Å². The minimum atomic E-state index is 0.0255. The highest BCUT2D eigenvalue weighted by Gasteiger charge is 2.26. The highest BCUT2D eigenvalue weighted by atomic mass is 32.1. The normalized spacial score (nSPS) is 22.1. The molecule has 2 unspecified atom stereocenters. The molecule has 0 aliphatic heterocycles. The third-order valence-corrected chi connectivity index (χ3v) is 7.03. The van der Waals surface area contributed by atoms with Crippen molar-refractivity contribution < 1.29 is 9.21 Å². The Balaban J connectivity index is 1.58. The van der Waals surface area contributed by atoms with Crippen molar-refractivity contribution in [3.8, 4) is 10.6 Å². The number of fused-ring (bicyclic) bond motifs is 1. The molecule has 0 N–H and O–H groups in total. The maximum absolute atomic E-state index is 12.0. The molecule has 0 amide bonds. The van der Waals surface area contributed by atoms with Gasteiger partial charge in [-0.3, -0.25) is 4.79 Å². The average Bonchev–Trinajstić information content (AvgIpc) is 3.40. The maximum atomic E-state index is 12.0. The third kappa shape index (κ3) is 4.35. The number of nitrogens with zero attached hydrogens (tertiary/aromatic N) is 2. The van der Waals surface area contributed by atoms with Gasteiger partial charge in [0.2, 0.25) is 0 Å². The first kappa shape index (κ1) is 20.0. The molecule has 1 saturated carbocycles. The molecule has 3 atom stereocenters. The van der Waals surface area contributed by atoms with E-state index in [9.17, 15) is 4.79 Å². The summed E-state index contributed by atoms with van der Waals surface area (Å²) in [5, 5.41) is 2.79. The Bertz CT molecular complexity index is 1010. The van der Waals surface area contributed by atoms with Gasteiger partial charge in [0, 0.05) is 23.6 Å². The van der Waals surface area contributed by atoms with Gasteiger partial charge in [-0.05, 0) is 62.5 Å². The third-order valence-electron chi connectivity index (χ3n) is 6.22. The summed E-state index contributed by atoms with van der Waals surface area (Å²) < 4.78 is 6.18. The second-order valence-electron chi connectivity index (χ2n) is 8.25. The zero-order chi connectivity index (χ0) is 20.4. The lowest BCUT2D eigenvalue weighted by Crippen LogP contribution is -2.22. The molecule has 4 nitrogen and oxygen atoms in total. The largest absolute Gasteiger partial charge is 0.440 e. The monoisotopic (exact) mass is 408 g/mol. The Morgan fingerprint density at radius 1 is 1.31 bits per heavy atom. The lowest BCUT2D eigenvalue weighted by Gasteiger charge is -2.33. The van der Waals surface area contributed by atoms with Crippen LogP contribution in [-0.4, -0.2) is 15.8 Å².